The molecule has 0 N–H and O–H groups in total. The number of hydrogen-bond acceptors (Lipinski definition) is 2. The van der Waals surface area contributed by atoms with Crippen LogP contribution in [0.15, 0.2) is 29.8 Å². The van der Waals surface area contributed by atoms with Crippen LogP contribution < -0.4 is 4.74 Å². The predicted molar refractivity (Wildman–Crippen MR) is 55.2 cm³/mol. The number of ether oxygens (including phenoxy) is 1. The van der Waals surface area contributed by atoms with E-state index >= 15 is 0 Å². The van der Waals surface area contributed by atoms with E-state index in [2.05, 4.69) is 0 Å². The molecule has 14 heavy (non-hydrogen) atoms. The fraction of sp³-hybridized carbons (Fsp3) is 0.250. The summed E-state index contributed by atoms with van der Waals surface area (Å²) in [6.07, 6.45) is 2.74. The first-order chi connectivity index (χ1) is 6.63. The number of aldehydes is 1. The fourth-order valence-corrected chi connectivity index (χ4v) is 1.54. The minimum atomic E-state index is -0.518. The molecule has 0 saturated carbocycles. The van der Waals surface area contributed by atoms with Crippen LogP contribution in [0.4, 0.5) is 0 Å². The van der Waals surface area contributed by atoms with Crippen molar-refractivity contribution in [2.45, 2.75) is 19.4 Å². The zero-order valence-electron chi connectivity index (χ0n) is 8.28. The van der Waals surface area contributed by atoms with Gasteiger partial charge in [0.25, 0.3) is 0 Å². The maximum Gasteiger partial charge on any atom is 0.150 e. The van der Waals surface area contributed by atoms with Crippen molar-refractivity contribution in [1.82, 2.24) is 0 Å². The highest BCUT2D eigenvalue weighted by Crippen LogP contribution is 2.34. The first kappa shape index (κ1) is 9.00. The molecule has 0 fully saturated rings. The Hall–Kier alpha value is -1.57. The molecular formula is C12H12O2. The van der Waals surface area contributed by atoms with E-state index in [4.69, 9.17) is 4.74 Å². The molecule has 1 aliphatic heterocycles. The quantitative estimate of drug-likeness (QED) is 0.633. The number of rotatable bonds is 1. The van der Waals surface area contributed by atoms with Gasteiger partial charge in [-0.15, -0.1) is 0 Å². The SMILES string of the molecule is CC1(C)Oc2ccccc2C=C1C=O. The van der Waals surface area contributed by atoms with Gasteiger partial charge in [-0.05, 0) is 26.0 Å². The molecular weight excluding hydrogens is 176 g/mol. The smallest absolute Gasteiger partial charge is 0.150 e. The number of benzene rings is 1. The summed E-state index contributed by atoms with van der Waals surface area (Å²) >= 11 is 0. The summed E-state index contributed by atoms with van der Waals surface area (Å²) in [4.78, 5) is 10.8. The Labute approximate surface area is 83.2 Å². The molecule has 2 heteroatoms. The average Bonchev–Trinajstić information content (AvgIpc) is 2.15. The van der Waals surface area contributed by atoms with Gasteiger partial charge < -0.3 is 4.74 Å². The predicted octanol–water partition coefficient (Wildman–Crippen LogP) is 2.44. The topological polar surface area (TPSA) is 26.3 Å². The molecule has 0 saturated heterocycles. The van der Waals surface area contributed by atoms with Crippen molar-refractivity contribution >= 4 is 12.4 Å². The van der Waals surface area contributed by atoms with Crippen LogP contribution in [0.25, 0.3) is 6.08 Å². The second-order valence-corrected chi connectivity index (χ2v) is 3.87. The number of fused-ring (bicyclic) bond motifs is 1. The van der Waals surface area contributed by atoms with Gasteiger partial charge >= 0.3 is 0 Å². The lowest BCUT2D eigenvalue weighted by Gasteiger charge is -2.31. The first-order valence-corrected chi connectivity index (χ1v) is 4.59. The number of para-hydroxylation sites is 1. The molecule has 0 aliphatic carbocycles. The van der Waals surface area contributed by atoms with Crippen molar-refractivity contribution in [2.24, 2.45) is 0 Å². The van der Waals surface area contributed by atoms with Gasteiger partial charge in [0.2, 0.25) is 0 Å². The molecule has 1 aliphatic rings. The van der Waals surface area contributed by atoms with E-state index in [-0.39, 0.29) is 0 Å². The lowest BCUT2D eigenvalue weighted by Crippen LogP contribution is -2.33. The molecule has 1 aromatic carbocycles. The molecule has 0 bridgehead atoms. The van der Waals surface area contributed by atoms with E-state index in [1.807, 2.05) is 44.2 Å². The van der Waals surface area contributed by atoms with Crippen LogP contribution in [-0.2, 0) is 4.79 Å². The van der Waals surface area contributed by atoms with Gasteiger partial charge in [0.15, 0.2) is 0 Å². The van der Waals surface area contributed by atoms with Crippen molar-refractivity contribution in [2.75, 3.05) is 0 Å². The largest absolute Gasteiger partial charge is 0.482 e. The monoisotopic (exact) mass is 188 g/mol. The van der Waals surface area contributed by atoms with Crippen LogP contribution in [0, 0.1) is 0 Å². The number of carbonyl (C=O) groups excluding carboxylic acids is 1. The Morgan fingerprint density at radius 2 is 2.00 bits per heavy atom. The van der Waals surface area contributed by atoms with E-state index < -0.39 is 5.60 Å². The maximum atomic E-state index is 10.8. The van der Waals surface area contributed by atoms with Gasteiger partial charge in [0.05, 0.1) is 0 Å². The fourth-order valence-electron chi connectivity index (χ4n) is 1.54. The van der Waals surface area contributed by atoms with Crippen LogP contribution in [-0.4, -0.2) is 11.9 Å². The summed E-state index contributed by atoms with van der Waals surface area (Å²) in [7, 11) is 0. The molecule has 72 valence electrons. The molecule has 0 atom stereocenters. The molecule has 0 unspecified atom stereocenters. The summed E-state index contributed by atoms with van der Waals surface area (Å²) in [6, 6.07) is 7.71. The Morgan fingerprint density at radius 3 is 2.71 bits per heavy atom. The Kier molecular flexibility index (Phi) is 1.92. The second-order valence-electron chi connectivity index (χ2n) is 3.87. The molecule has 2 nitrogen and oxygen atoms in total. The first-order valence-electron chi connectivity index (χ1n) is 4.59. The normalized spacial score (nSPS) is 17.7. The molecule has 0 amide bonds. The van der Waals surface area contributed by atoms with E-state index in [0.717, 1.165) is 17.6 Å². The highest BCUT2D eigenvalue weighted by Gasteiger charge is 2.29. The van der Waals surface area contributed by atoms with Gasteiger partial charge in [-0.1, -0.05) is 18.2 Å². The van der Waals surface area contributed by atoms with Gasteiger partial charge in [-0.2, -0.15) is 0 Å². The highest BCUT2D eigenvalue weighted by molar-refractivity contribution is 5.86. The lowest BCUT2D eigenvalue weighted by molar-refractivity contribution is -0.106. The summed E-state index contributed by atoms with van der Waals surface area (Å²) in [5.41, 5.74) is 1.13. The van der Waals surface area contributed by atoms with Gasteiger partial charge in [-0.25, -0.2) is 0 Å². The minimum absolute atomic E-state index is 0.518. The van der Waals surface area contributed by atoms with Crippen molar-refractivity contribution in [3.05, 3.63) is 35.4 Å². The van der Waals surface area contributed by atoms with Crippen LogP contribution in [0.1, 0.15) is 19.4 Å². The van der Waals surface area contributed by atoms with Crippen molar-refractivity contribution in [3.8, 4) is 5.75 Å². The third kappa shape index (κ3) is 1.33. The van der Waals surface area contributed by atoms with E-state index in [0.29, 0.717) is 5.57 Å². The summed E-state index contributed by atoms with van der Waals surface area (Å²) in [5.74, 6) is 0.836. The van der Waals surface area contributed by atoms with E-state index in [1.165, 1.54) is 0 Å². The highest BCUT2D eigenvalue weighted by atomic mass is 16.5. The van der Waals surface area contributed by atoms with Gasteiger partial charge in [0, 0.05) is 11.1 Å². The summed E-state index contributed by atoms with van der Waals surface area (Å²) in [5, 5.41) is 0. The van der Waals surface area contributed by atoms with Crippen molar-refractivity contribution < 1.29 is 9.53 Å². The molecule has 1 aromatic rings. The zero-order valence-corrected chi connectivity index (χ0v) is 8.28. The Bertz CT molecular complexity index is 403. The van der Waals surface area contributed by atoms with Gasteiger partial charge in [0.1, 0.15) is 17.6 Å². The second kappa shape index (κ2) is 2.98. The number of carbonyl (C=O) groups is 1. The molecule has 0 aromatic heterocycles. The molecule has 0 radical (unpaired) electrons. The molecule has 2 rings (SSSR count). The van der Waals surface area contributed by atoms with Crippen LogP contribution in [0.3, 0.4) is 0 Å². The third-order valence-electron chi connectivity index (χ3n) is 2.42. The average molecular weight is 188 g/mol. The summed E-state index contributed by atoms with van der Waals surface area (Å²) in [6.45, 7) is 3.78. The Balaban J connectivity index is 2.55. The van der Waals surface area contributed by atoms with Crippen LogP contribution in [0.5, 0.6) is 5.75 Å². The van der Waals surface area contributed by atoms with E-state index in [1.54, 1.807) is 0 Å². The maximum absolute atomic E-state index is 10.8. The zero-order chi connectivity index (χ0) is 10.2. The number of hydrogen-bond donors (Lipinski definition) is 0. The molecule has 0 spiro atoms. The lowest BCUT2D eigenvalue weighted by atomic mass is 9.93. The van der Waals surface area contributed by atoms with Crippen molar-refractivity contribution in [3.63, 3.8) is 0 Å². The van der Waals surface area contributed by atoms with Crippen molar-refractivity contribution in [1.29, 1.82) is 0 Å². The standard InChI is InChI=1S/C12H12O2/c1-12(2)10(8-13)7-9-5-3-4-6-11(9)14-12/h3-8H,1-2H3. The summed E-state index contributed by atoms with van der Waals surface area (Å²) < 4.78 is 5.72. The van der Waals surface area contributed by atoms with Crippen LogP contribution in [0.2, 0.25) is 0 Å². The molecule has 1 heterocycles. The third-order valence-corrected chi connectivity index (χ3v) is 2.42. The van der Waals surface area contributed by atoms with E-state index in [9.17, 15) is 4.79 Å². The van der Waals surface area contributed by atoms with Crippen LogP contribution >= 0.6 is 0 Å². The minimum Gasteiger partial charge on any atom is -0.482 e. The Morgan fingerprint density at radius 1 is 1.29 bits per heavy atom. The van der Waals surface area contributed by atoms with Gasteiger partial charge in [-0.3, -0.25) is 4.79 Å².